The van der Waals surface area contributed by atoms with Crippen molar-refractivity contribution in [3.05, 3.63) is 5.82 Å². The van der Waals surface area contributed by atoms with Crippen LogP contribution < -0.4 is 5.14 Å². The average Bonchev–Trinajstić information content (AvgIpc) is 2.54. The standard InChI is InChI=1S/C7H12F2N4O3S/c1-13-6(2-3-16-4-5(8)9)11-12-7(13)17(10,14)15/h5H,2-4H2,1H3,(H2,10,14,15). The lowest BCUT2D eigenvalue weighted by Crippen LogP contribution is -2.18. The zero-order valence-electron chi connectivity index (χ0n) is 9.01. The van der Waals surface area contributed by atoms with Gasteiger partial charge >= 0.3 is 0 Å². The molecule has 17 heavy (non-hydrogen) atoms. The topological polar surface area (TPSA) is 100 Å². The summed E-state index contributed by atoms with van der Waals surface area (Å²) in [6, 6.07) is 0. The molecule has 0 aromatic carbocycles. The number of aromatic nitrogens is 3. The first-order chi connectivity index (χ1) is 7.82. The second-order valence-electron chi connectivity index (χ2n) is 3.22. The van der Waals surface area contributed by atoms with Gasteiger partial charge in [0.2, 0.25) is 0 Å². The van der Waals surface area contributed by atoms with Crippen LogP contribution in [0.2, 0.25) is 0 Å². The first kappa shape index (κ1) is 13.9. The Morgan fingerprint density at radius 3 is 2.59 bits per heavy atom. The van der Waals surface area contributed by atoms with E-state index in [-0.39, 0.29) is 18.2 Å². The van der Waals surface area contributed by atoms with Crippen LogP contribution in [-0.4, -0.2) is 42.8 Å². The smallest absolute Gasteiger partial charge is 0.273 e. The highest BCUT2D eigenvalue weighted by Crippen LogP contribution is 2.05. The van der Waals surface area contributed by atoms with Gasteiger partial charge in [-0.3, -0.25) is 0 Å². The molecule has 0 saturated heterocycles. The lowest BCUT2D eigenvalue weighted by Gasteiger charge is -2.03. The van der Waals surface area contributed by atoms with E-state index in [0.717, 1.165) is 0 Å². The van der Waals surface area contributed by atoms with Crippen molar-refractivity contribution in [2.45, 2.75) is 18.0 Å². The Kier molecular flexibility index (Phi) is 4.48. The molecule has 98 valence electrons. The van der Waals surface area contributed by atoms with E-state index in [1.54, 1.807) is 0 Å². The Hall–Kier alpha value is -1.13. The minimum Gasteiger partial charge on any atom is -0.375 e. The van der Waals surface area contributed by atoms with E-state index in [1.165, 1.54) is 11.6 Å². The highest BCUT2D eigenvalue weighted by Gasteiger charge is 2.18. The predicted molar refractivity (Wildman–Crippen MR) is 52.9 cm³/mol. The largest absolute Gasteiger partial charge is 0.375 e. The lowest BCUT2D eigenvalue weighted by atomic mass is 10.4. The second kappa shape index (κ2) is 5.47. The number of halogens is 2. The van der Waals surface area contributed by atoms with E-state index in [0.29, 0.717) is 5.82 Å². The summed E-state index contributed by atoms with van der Waals surface area (Å²) in [5.41, 5.74) is 0. The van der Waals surface area contributed by atoms with Crippen molar-refractivity contribution < 1.29 is 21.9 Å². The Morgan fingerprint density at radius 2 is 2.12 bits per heavy atom. The Balaban J connectivity index is 2.59. The molecule has 10 heteroatoms. The Morgan fingerprint density at radius 1 is 1.47 bits per heavy atom. The fraction of sp³-hybridized carbons (Fsp3) is 0.714. The van der Waals surface area contributed by atoms with E-state index in [1.807, 2.05) is 0 Å². The molecule has 0 unspecified atom stereocenters. The van der Waals surface area contributed by atoms with Crippen LogP contribution in [0.1, 0.15) is 5.82 Å². The zero-order valence-corrected chi connectivity index (χ0v) is 9.82. The SMILES string of the molecule is Cn1c(CCOCC(F)F)nnc1S(N)(=O)=O. The number of rotatable bonds is 6. The second-order valence-corrected chi connectivity index (χ2v) is 4.67. The van der Waals surface area contributed by atoms with Crippen LogP contribution >= 0.6 is 0 Å². The predicted octanol–water partition coefficient (Wildman–Crippen LogP) is -0.713. The van der Waals surface area contributed by atoms with E-state index >= 15 is 0 Å². The summed E-state index contributed by atoms with van der Waals surface area (Å²) in [6.07, 6.45) is -2.36. The van der Waals surface area contributed by atoms with Crippen molar-refractivity contribution in [2.24, 2.45) is 12.2 Å². The molecular weight excluding hydrogens is 258 g/mol. The molecule has 1 aromatic heterocycles. The summed E-state index contributed by atoms with van der Waals surface area (Å²) in [7, 11) is -2.51. The average molecular weight is 270 g/mol. The van der Waals surface area contributed by atoms with Crippen molar-refractivity contribution in [3.63, 3.8) is 0 Å². The van der Waals surface area contributed by atoms with Crippen LogP contribution in [0.3, 0.4) is 0 Å². The molecule has 0 aliphatic carbocycles. The summed E-state index contributed by atoms with van der Waals surface area (Å²) in [5, 5.41) is 11.5. The molecular formula is C7H12F2N4O3S. The van der Waals surface area contributed by atoms with Gasteiger partial charge in [-0.2, -0.15) is 0 Å². The van der Waals surface area contributed by atoms with Crippen LogP contribution in [0.4, 0.5) is 8.78 Å². The Labute approximate surface area is 96.6 Å². The van der Waals surface area contributed by atoms with Crippen molar-refractivity contribution in [1.29, 1.82) is 0 Å². The van der Waals surface area contributed by atoms with E-state index < -0.39 is 23.1 Å². The third-order valence-electron chi connectivity index (χ3n) is 1.89. The first-order valence-electron chi connectivity index (χ1n) is 4.59. The Bertz CT molecular complexity index is 473. The first-order valence-corrected chi connectivity index (χ1v) is 6.14. The number of hydrogen-bond donors (Lipinski definition) is 1. The van der Waals surface area contributed by atoms with Gasteiger partial charge in [0.05, 0.1) is 6.61 Å². The molecule has 0 atom stereocenters. The molecule has 0 bridgehead atoms. The molecule has 1 rings (SSSR count). The monoisotopic (exact) mass is 270 g/mol. The van der Waals surface area contributed by atoms with E-state index in [2.05, 4.69) is 14.9 Å². The summed E-state index contributed by atoms with van der Waals surface area (Å²) >= 11 is 0. The van der Waals surface area contributed by atoms with Gasteiger partial charge in [0.1, 0.15) is 12.4 Å². The van der Waals surface area contributed by atoms with Gasteiger partial charge < -0.3 is 9.30 Å². The quantitative estimate of drug-likeness (QED) is 0.688. The molecule has 0 aliphatic heterocycles. The van der Waals surface area contributed by atoms with Gasteiger partial charge in [-0.1, -0.05) is 0 Å². The van der Waals surface area contributed by atoms with Crippen LogP contribution in [0.5, 0.6) is 0 Å². The molecule has 0 amide bonds. The molecule has 0 radical (unpaired) electrons. The minimum atomic E-state index is -3.93. The number of alkyl halides is 2. The number of sulfonamides is 1. The molecule has 1 aromatic rings. The molecule has 0 spiro atoms. The van der Waals surface area contributed by atoms with Crippen molar-refractivity contribution in [1.82, 2.24) is 14.8 Å². The van der Waals surface area contributed by atoms with E-state index in [9.17, 15) is 17.2 Å². The van der Waals surface area contributed by atoms with Crippen molar-refractivity contribution in [2.75, 3.05) is 13.2 Å². The summed E-state index contributed by atoms with van der Waals surface area (Å²) in [6.45, 7) is -0.666. The minimum absolute atomic E-state index is 0.000925. The number of nitrogens with zero attached hydrogens (tertiary/aromatic N) is 3. The zero-order chi connectivity index (χ0) is 13.1. The normalized spacial score (nSPS) is 12.3. The van der Waals surface area contributed by atoms with Crippen LogP contribution in [-0.2, 0) is 28.2 Å². The van der Waals surface area contributed by atoms with Crippen molar-refractivity contribution >= 4 is 10.0 Å². The molecule has 0 fully saturated rings. The lowest BCUT2D eigenvalue weighted by molar-refractivity contribution is 0.0181. The molecule has 2 N–H and O–H groups in total. The molecule has 1 heterocycles. The van der Waals surface area contributed by atoms with Crippen LogP contribution in [0, 0.1) is 0 Å². The van der Waals surface area contributed by atoms with Gasteiger partial charge in [-0.15, -0.1) is 10.2 Å². The fourth-order valence-corrected chi connectivity index (χ4v) is 1.79. The maximum Gasteiger partial charge on any atom is 0.273 e. The summed E-state index contributed by atoms with van der Waals surface area (Å²) in [5.74, 6) is 0.295. The van der Waals surface area contributed by atoms with Gasteiger partial charge in [0.25, 0.3) is 21.6 Å². The number of primary sulfonamides is 1. The maximum absolute atomic E-state index is 11.7. The van der Waals surface area contributed by atoms with E-state index in [4.69, 9.17) is 5.14 Å². The third-order valence-corrected chi connectivity index (χ3v) is 2.76. The summed E-state index contributed by atoms with van der Waals surface area (Å²) < 4.78 is 51.3. The molecule has 0 saturated carbocycles. The highest BCUT2D eigenvalue weighted by molar-refractivity contribution is 7.89. The van der Waals surface area contributed by atoms with Crippen LogP contribution in [0.25, 0.3) is 0 Å². The number of ether oxygens (including phenoxy) is 1. The maximum atomic E-state index is 11.7. The number of hydrogen-bond acceptors (Lipinski definition) is 5. The van der Waals surface area contributed by atoms with Gasteiger partial charge in [-0.25, -0.2) is 22.3 Å². The van der Waals surface area contributed by atoms with Crippen LogP contribution in [0.15, 0.2) is 5.16 Å². The molecule has 0 aliphatic rings. The summed E-state index contributed by atoms with van der Waals surface area (Å²) in [4.78, 5) is 0. The van der Waals surface area contributed by atoms with Gasteiger partial charge in [0.15, 0.2) is 0 Å². The highest BCUT2D eigenvalue weighted by atomic mass is 32.2. The van der Waals surface area contributed by atoms with Gasteiger partial charge in [-0.05, 0) is 0 Å². The van der Waals surface area contributed by atoms with Gasteiger partial charge in [0, 0.05) is 13.5 Å². The fourth-order valence-electron chi connectivity index (χ4n) is 1.15. The number of nitrogens with two attached hydrogens (primary N) is 1. The molecule has 7 nitrogen and oxygen atoms in total. The third kappa shape index (κ3) is 3.98. The van der Waals surface area contributed by atoms with Crippen molar-refractivity contribution in [3.8, 4) is 0 Å².